The predicted octanol–water partition coefficient (Wildman–Crippen LogP) is 5.25. The zero-order valence-corrected chi connectivity index (χ0v) is 16.8. The Balaban J connectivity index is 1.30. The molecule has 4 rings (SSSR count). The van der Waals surface area contributed by atoms with Gasteiger partial charge in [-0.05, 0) is 60.9 Å². The van der Waals surface area contributed by atoms with Gasteiger partial charge in [0, 0.05) is 11.3 Å². The first kappa shape index (κ1) is 19.6. The van der Waals surface area contributed by atoms with Crippen LogP contribution in [0.4, 0.5) is 5.69 Å². The number of hydrogen-bond acceptors (Lipinski definition) is 4. The largest absolute Gasteiger partial charge is 0.494 e. The molecule has 0 saturated carbocycles. The first-order valence-electron chi connectivity index (χ1n) is 10.1. The molecule has 0 spiro atoms. The third-order valence-corrected chi connectivity index (χ3v) is 4.76. The number of rotatable bonds is 9. The molecule has 5 heteroatoms. The fourth-order valence-electron chi connectivity index (χ4n) is 3.16. The Kier molecular flexibility index (Phi) is 6.30. The van der Waals surface area contributed by atoms with E-state index in [1.165, 1.54) is 5.56 Å². The van der Waals surface area contributed by atoms with Gasteiger partial charge < -0.3 is 15.2 Å². The van der Waals surface area contributed by atoms with Crippen LogP contribution in [0.25, 0.3) is 11.3 Å². The van der Waals surface area contributed by atoms with Crippen LogP contribution in [0.15, 0.2) is 84.9 Å². The number of aryl methyl sites for hydroxylation is 1. The highest BCUT2D eigenvalue weighted by Gasteiger charge is 2.06. The SMILES string of the molecule is Nc1ccc(OCc2cc(-c3cccc(OCCCc4ccccc4)c3)n[nH]2)cc1. The van der Waals surface area contributed by atoms with Crippen LogP contribution in [0.2, 0.25) is 0 Å². The third-order valence-electron chi connectivity index (χ3n) is 4.76. The summed E-state index contributed by atoms with van der Waals surface area (Å²) in [4.78, 5) is 0. The summed E-state index contributed by atoms with van der Waals surface area (Å²) in [5.41, 5.74) is 10.5. The average Bonchev–Trinajstić information content (AvgIpc) is 3.27. The van der Waals surface area contributed by atoms with Crippen LogP contribution < -0.4 is 15.2 Å². The molecule has 4 aromatic rings. The molecule has 0 bridgehead atoms. The molecular formula is C25H25N3O2. The number of hydrogen-bond donors (Lipinski definition) is 2. The van der Waals surface area contributed by atoms with E-state index in [2.05, 4.69) is 34.5 Å². The first-order valence-corrected chi connectivity index (χ1v) is 10.1. The smallest absolute Gasteiger partial charge is 0.130 e. The second-order valence-electron chi connectivity index (χ2n) is 7.10. The Morgan fingerprint density at radius 1 is 0.800 bits per heavy atom. The van der Waals surface area contributed by atoms with Gasteiger partial charge in [-0.25, -0.2) is 0 Å². The fraction of sp³-hybridized carbons (Fsp3) is 0.160. The van der Waals surface area contributed by atoms with Gasteiger partial charge >= 0.3 is 0 Å². The number of nitrogens with two attached hydrogens (primary N) is 1. The quantitative estimate of drug-likeness (QED) is 0.298. The van der Waals surface area contributed by atoms with Gasteiger partial charge in [0.1, 0.15) is 18.1 Å². The van der Waals surface area contributed by atoms with Crippen LogP contribution in [0.5, 0.6) is 11.5 Å². The topological polar surface area (TPSA) is 73.2 Å². The molecule has 0 amide bonds. The van der Waals surface area contributed by atoms with Crippen LogP contribution >= 0.6 is 0 Å². The van der Waals surface area contributed by atoms with E-state index in [9.17, 15) is 0 Å². The minimum atomic E-state index is 0.409. The van der Waals surface area contributed by atoms with Gasteiger partial charge in [0.15, 0.2) is 0 Å². The van der Waals surface area contributed by atoms with Crippen molar-refractivity contribution in [2.75, 3.05) is 12.3 Å². The highest BCUT2D eigenvalue weighted by Crippen LogP contribution is 2.24. The predicted molar refractivity (Wildman–Crippen MR) is 119 cm³/mol. The summed E-state index contributed by atoms with van der Waals surface area (Å²) >= 11 is 0. The zero-order valence-electron chi connectivity index (χ0n) is 16.8. The van der Waals surface area contributed by atoms with Crippen molar-refractivity contribution >= 4 is 5.69 Å². The number of anilines is 1. The molecule has 1 aromatic heterocycles. The van der Waals surface area contributed by atoms with Crippen LogP contribution in [0, 0.1) is 0 Å². The molecule has 0 aliphatic heterocycles. The van der Waals surface area contributed by atoms with Gasteiger partial charge in [-0.3, -0.25) is 5.10 Å². The lowest BCUT2D eigenvalue weighted by molar-refractivity contribution is 0.301. The molecule has 0 fully saturated rings. The monoisotopic (exact) mass is 399 g/mol. The van der Waals surface area contributed by atoms with E-state index in [-0.39, 0.29) is 0 Å². The average molecular weight is 399 g/mol. The van der Waals surface area contributed by atoms with Crippen molar-refractivity contribution < 1.29 is 9.47 Å². The summed E-state index contributed by atoms with van der Waals surface area (Å²) in [6.45, 7) is 1.09. The standard InChI is InChI=1S/C25H25N3O2/c26-21-11-13-23(14-12-21)30-18-22-17-25(28-27-22)20-9-4-10-24(16-20)29-15-5-8-19-6-2-1-3-7-19/h1-4,6-7,9-14,16-17H,5,8,15,18,26H2,(H,27,28). The molecule has 0 aliphatic carbocycles. The molecule has 0 radical (unpaired) electrons. The number of nitrogens with zero attached hydrogens (tertiary/aromatic N) is 1. The van der Waals surface area contributed by atoms with E-state index >= 15 is 0 Å². The molecule has 1 heterocycles. The molecule has 0 unspecified atom stereocenters. The Hall–Kier alpha value is -3.73. The van der Waals surface area contributed by atoms with Crippen LogP contribution in [-0.4, -0.2) is 16.8 Å². The van der Waals surface area contributed by atoms with Crippen molar-refractivity contribution in [2.45, 2.75) is 19.4 Å². The summed E-state index contributed by atoms with van der Waals surface area (Å²) in [6.07, 6.45) is 1.99. The summed E-state index contributed by atoms with van der Waals surface area (Å²) < 4.78 is 11.7. The first-order chi connectivity index (χ1) is 14.8. The number of H-pyrrole nitrogens is 1. The third kappa shape index (κ3) is 5.41. The van der Waals surface area contributed by atoms with Crippen molar-refractivity contribution in [1.29, 1.82) is 0 Å². The minimum absolute atomic E-state index is 0.409. The number of aromatic amines is 1. The summed E-state index contributed by atoms with van der Waals surface area (Å²) in [5, 5.41) is 7.44. The van der Waals surface area contributed by atoms with Crippen LogP contribution in [-0.2, 0) is 13.0 Å². The molecule has 0 aliphatic rings. The zero-order chi connectivity index (χ0) is 20.6. The van der Waals surface area contributed by atoms with Gasteiger partial charge in [-0.2, -0.15) is 5.10 Å². The van der Waals surface area contributed by atoms with Crippen molar-refractivity contribution in [2.24, 2.45) is 0 Å². The van der Waals surface area contributed by atoms with E-state index in [0.29, 0.717) is 18.9 Å². The number of aromatic nitrogens is 2. The van der Waals surface area contributed by atoms with E-state index in [1.54, 1.807) is 0 Å². The molecule has 3 aromatic carbocycles. The molecule has 152 valence electrons. The fourth-order valence-corrected chi connectivity index (χ4v) is 3.16. The second kappa shape index (κ2) is 9.65. The van der Waals surface area contributed by atoms with Crippen LogP contribution in [0.3, 0.4) is 0 Å². The Morgan fingerprint density at radius 2 is 1.63 bits per heavy atom. The highest BCUT2D eigenvalue weighted by atomic mass is 16.5. The van der Waals surface area contributed by atoms with Crippen molar-refractivity contribution in [3.8, 4) is 22.8 Å². The van der Waals surface area contributed by atoms with Gasteiger partial charge in [0.25, 0.3) is 0 Å². The lowest BCUT2D eigenvalue weighted by Gasteiger charge is -2.07. The summed E-state index contributed by atoms with van der Waals surface area (Å²) in [7, 11) is 0. The lowest BCUT2D eigenvalue weighted by atomic mass is 10.1. The van der Waals surface area contributed by atoms with Crippen LogP contribution in [0.1, 0.15) is 17.7 Å². The Morgan fingerprint density at radius 3 is 2.47 bits per heavy atom. The van der Waals surface area contributed by atoms with Gasteiger partial charge in [0.2, 0.25) is 0 Å². The van der Waals surface area contributed by atoms with Gasteiger partial charge in [-0.1, -0.05) is 42.5 Å². The van der Waals surface area contributed by atoms with E-state index < -0.39 is 0 Å². The minimum Gasteiger partial charge on any atom is -0.494 e. The van der Waals surface area contributed by atoms with Gasteiger partial charge in [0.05, 0.1) is 18.0 Å². The molecular weight excluding hydrogens is 374 g/mol. The summed E-state index contributed by atoms with van der Waals surface area (Å²) in [6, 6.07) is 27.8. The maximum Gasteiger partial charge on any atom is 0.130 e. The number of nitrogen functional groups attached to an aromatic ring is 1. The van der Waals surface area contributed by atoms with E-state index in [1.807, 2.05) is 60.7 Å². The maximum absolute atomic E-state index is 5.94. The second-order valence-corrected chi connectivity index (χ2v) is 7.10. The number of nitrogens with one attached hydrogen (secondary N) is 1. The summed E-state index contributed by atoms with van der Waals surface area (Å²) in [5.74, 6) is 1.62. The lowest BCUT2D eigenvalue weighted by Crippen LogP contribution is -1.99. The number of ether oxygens (including phenoxy) is 2. The normalized spacial score (nSPS) is 10.7. The van der Waals surface area contributed by atoms with Crippen molar-refractivity contribution in [1.82, 2.24) is 10.2 Å². The maximum atomic E-state index is 5.94. The molecule has 0 saturated heterocycles. The Bertz CT molecular complexity index is 1060. The molecule has 30 heavy (non-hydrogen) atoms. The van der Waals surface area contributed by atoms with E-state index in [0.717, 1.165) is 41.3 Å². The highest BCUT2D eigenvalue weighted by molar-refractivity contribution is 5.61. The van der Waals surface area contributed by atoms with Gasteiger partial charge in [-0.15, -0.1) is 0 Å². The molecule has 3 N–H and O–H groups in total. The van der Waals surface area contributed by atoms with Crippen molar-refractivity contribution in [3.63, 3.8) is 0 Å². The molecule has 5 nitrogen and oxygen atoms in total. The molecule has 0 atom stereocenters. The van der Waals surface area contributed by atoms with E-state index in [4.69, 9.17) is 15.2 Å². The number of benzene rings is 3. The van der Waals surface area contributed by atoms with Crippen molar-refractivity contribution in [3.05, 3.63) is 96.2 Å². The Labute approximate surface area is 176 Å².